The van der Waals surface area contributed by atoms with Gasteiger partial charge in [-0.2, -0.15) is 0 Å². The molecular weight excluding hydrogens is 431 g/mol. The van der Waals surface area contributed by atoms with Crippen molar-refractivity contribution in [3.8, 4) is 11.5 Å². The highest BCUT2D eigenvalue weighted by molar-refractivity contribution is 7.22. The molecule has 0 N–H and O–H groups in total. The number of carbonyl (C=O) groups excluding carboxylic acids is 1. The fourth-order valence-corrected chi connectivity index (χ4v) is 5.63. The molecule has 0 atom stereocenters. The first-order chi connectivity index (χ1) is 14.0. The highest BCUT2D eigenvalue weighted by atomic mass is 35.5. The fourth-order valence-electron chi connectivity index (χ4n) is 4.05. The van der Waals surface area contributed by atoms with Crippen molar-refractivity contribution >= 4 is 55.7 Å². The van der Waals surface area contributed by atoms with E-state index in [-0.39, 0.29) is 5.78 Å². The second kappa shape index (κ2) is 7.04. The number of hydrogen-bond donors (Lipinski definition) is 0. The van der Waals surface area contributed by atoms with Crippen LogP contribution in [0, 0.1) is 0 Å². The predicted molar refractivity (Wildman–Crippen MR) is 116 cm³/mol. The standard InChI is InChI=1S/C21H18Cl2N2O3S/c1-27-13-2-3-16-18(10-13)29-20(24-16)25-6-4-21(5-7-25)11-17(26)14-8-12(22)9-15(23)19(14)28-21/h2-3,8-10H,4-7,11H2,1H3. The number of ketones is 1. The van der Waals surface area contributed by atoms with Crippen LogP contribution in [0.15, 0.2) is 30.3 Å². The van der Waals surface area contributed by atoms with Crippen LogP contribution in [0.4, 0.5) is 5.13 Å². The molecule has 1 fully saturated rings. The van der Waals surface area contributed by atoms with Crippen molar-refractivity contribution < 1.29 is 14.3 Å². The Morgan fingerprint density at radius 2 is 2.00 bits per heavy atom. The van der Waals surface area contributed by atoms with Gasteiger partial charge in [0.2, 0.25) is 0 Å². The lowest BCUT2D eigenvalue weighted by Crippen LogP contribution is -2.51. The van der Waals surface area contributed by atoms with E-state index in [2.05, 4.69) is 4.90 Å². The third-order valence-corrected chi connectivity index (χ3v) is 7.22. The number of methoxy groups -OCH3 is 1. The summed E-state index contributed by atoms with van der Waals surface area (Å²) >= 11 is 14.0. The van der Waals surface area contributed by atoms with Crippen molar-refractivity contribution in [3.05, 3.63) is 45.9 Å². The SMILES string of the molecule is COc1ccc2nc(N3CCC4(CC3)CC(=O)c3cc(Cl)cc(Cl)c3O4)sc2c1. The van der Waals surface area contributed by atoms with Crippen LogP contribution in [0.3, 0.4) is 0 Å². The zero-order valence-corrected chi connectivity index (χ0v) is 18.0. The largest absolute Gasteiger partial charge is 0.497 e. The Labute approximate surface area is 182 Å². The van der Waals surface area contributed by atoms with Gasteiger partial charge in [-0.05, 0) is 30.3 Å². The minimum atomic E-state index is -0.516. The first-order valence-electron chi connectivity index (χ1n) is 9.37. The van der Waals surface area contributed by atoms with E-state index in [1.807, 2.05) is 18.2 Å². The maximum atomic E-state index is 12.8. The molecule has 2 aliphatic heterocycles. The van der Waals surface area contributed by atoms with Crippen LogP contribution in [0.1, 0.15) is 29.6 Å². The van der Waals surface area contributed by atoms with Gasteiger partial charge in [0, 0.05) is 31.0 Å². The van der Waals surface area contributed by atoms with Gasteiger partial charge in [-0.3, -0.25) is 4.79 Å². The summed E-state index contributed by atoms with van der Waals surface area (Å²) in [7, 11) is 1.66. The number of Topliss-reactive ketones (excluding diaryl/α,β-unsaturated/α-hetero) is 1. The third kappa shape index (κ3) is 3.33. The Bertz CT molecular complexity index is 1120. The lowest BCUT2D eigenvalue weighted by molar-refractivity contribution is 0.0233. The molecule has 0 aliphatic carbocycles. The quantitative estimate of drug-likeness (QED) is 0.509. The molecule has 1 saturated heterocycles. The number of anilines is 1. The zero-order valence-electron chi connectivity index (χ0n) is 15.7. The molecule has 0 amide bonds. The minimum Gasteiger partial charge on any atom is -0.497 e. The van der Waals surface area contributed by atoms with Gasteiger partial charge >= 0.3 is 0 Å². The monoisotopic (exact) mass is 448 g/mol. The van der Waals surface area contributed by atoms with Gasteiger partial charge in [0.25, 0.3) is 0 Å². The molecule has 1 aromatic heterocycles. The van der Waals surface area contributed by atoms with Gasteiger partial charge < -0.3 is 14.4 Å². The molecule has 1 spiro atoms. The molecule has 0 unspecified atom stereocenters. The van der Waals surface area contributed by atoms with Crippen LogP contribution in [0.5, 0.6) is 11.5 Å². The second-order valence-corrected chi connectivity index (χ2v) is 9.32. The number of rotatable bonds is 2. The average Bonchev–Trinajstić information content (AvgIpc) is 3.13. The van der Waals surface area contributed by atoms with Crippen LogP contribution in [-0.4, -0.2) is 36.6 Å². The molecule has 2 aromatic carbocycles. The highest BCUT2D eigenvalue weighted by Gasteiger charge is 2.44. The van der Waals surface area contributed by atoms with Crippen molar-refractivity contribution in [1.82, 2.24) is 4.98 Å². The van der Waals surface area contributed by atoms with Crippen LogP contribution in [-0.2, 0) is 0 Å². The van der Waals surface area contributed by atoms with Crippen molar-refractivity contribution in [2.24, 2.45) is 0 Å². The van der Waals surface area contributed by atoms with E-state index in [9.17, 15) is 4.79 Å². The number of ether oxygens (including phenoxy) is 2. The Morgan fingerprint density at radius 3 is 2.76 bits per heavy atom. The molecule has 5 rings (SSSR count). The van der Waals surface area contributed by atoms with Crippen LogP contribution >= 0.6 is 34.5 Å². The van der Waals surface area contributed by atoms with Gasteiger partial charge in [-0.1, -0.05) is 34.5 Å². The first kappa shape index (κ1) is 19.0. The summed E-state index contributed by atoms with van der Waals surface area (Å²) in [5, 5.41) is 1.82. The summed E-state index contributed by atoms with van der Waals surface area (Å²) in [5.74, 6) is 1.33. The Morgan fingerprint density at radius 1 is 1.21 bits per heavy atom. The maximum absolute atomic E-state index is 12.8. The Balaban J connectivity index is 1.37. The van der Waals surface area contributed by atoms with Crippen molar-refractivity contribution in [1.29, 1.82) is 0 Å². The number of aromatic nitrogens is 1. The van der Waals surface area contributed by atoms with E-state index in [1.54, 1.807) is 30.6 Å². The second-order valence-electron chi connectivity index (χ2n) is 7.47. The Kier molecular flexibility index (Phi) is 4.61. The summed E-state index contributed by atoms with van der Waals surface area (Å²) < 4.78 is 12.7. The number of halogens is 2. The van der Waals surface area contributed by atoms with Gasteiger partial charge in [0.05, 0.1) is 34.3 Å². The van der Waals surface area contributed by atoms with Crippen LogP contribution in [0.2, 0.25) is 10.0 Å². The summed E-state index contributed by atoms with van der Waals surface area (Å²) in [5.41, 5.74) is 0.932. The Hall–Kier alpha value is -2.02. The number of fused-ring (bicyclic) bond motifs is 2. The average molecular weight is 449 g/mol. The van der Waals surface area contributed by atoms with Crippen LogP contribution < -0.4 is 14.4 Å². The summed E-state index contributed by atoms with van der Waals surface area (Å²) in [6.45, 7) is 1.54. The van der Waals surface area contributed by atoms with E-state index in [4.69, 9.17) is 37.7 Å². The minimum absolute atomic E-state index is 0.0381. The van der Waals surface area contributed by atoms with Gasteiger partial charge in [0.15, 0.2) is 10.9 Å². The molecular formula is C21H18Cl2N2O3S. The number of piperidine rings is 1. The van der Waals surface area contributed by atoms with Crippen molar-refractivity contribution in [2.75, 3.05) is 25.1 Å². The molecule has 3 aromatic rings. The molecule has 0 saturated carbocycles. The number of hydrogen-bond acceptors (Lipinski definition) is 6. The normalized spacial score (nSPS) is 18.0. The van der Waals surface area contributed by atoms with Crippen LogP contribution in [0.25, 0.3) is 10.2 Å². The van der Waals surface area contributed by atoms with Crippen molar-refractivity contribution in [2.45, 2.75) is 24.9 Å². The predicted octanol–water partition coefficient (Wildman–Crippen LogP) is 5.62. The van der Waals surface area contributed by atoms with Gasteiger partial charge in [-0.25, -0.2) is 4.98 Å². The van der Waals surface area contributed by atoms with Gasteiger partial charge in [-0.15, -0.1) is 0 Å². The number of thiazole rings is 1. The molecule has 3 heterocycles. The van der Waals surface area contributed by atoms with Gasteiger partial charge in [0.1, 0.15) is 17.1 Å². The molecule has 0 radical (unpaired) electrons. The molecule has 2 aliphatic rings. The lowest BCUT2D eigenvalue weighted by Gasteiger charge is -2.44. The zero-order chi connectivity index (χ0) is 20.2. The number of carbonyl (C=O) groups is 1. The maximum Gasteiger partial charge on any atom is 0.186 e. The summed E-state index contributed by atoms with van der Waals surface area (Å²) in [4.78, 5) is 19.8. The first-order valence-corrected chi connectivity index (χ1v) is 10.9. The molecule has 8 heteroatoms. The fraction of sp³-hybridized carbons (Fsp3) is 0.333. The van der Waals surface area contributed by atoms with E-state index in [1.165, 1.54) is 0 Å². The topological polar surface area (TPSA) is 51.7 Å². The summed E-state index contributed by atoms with van der Waals surface area (Å²) in [6, 6.07) is 9.18. The highest BCUT2D eigenvalue weighted by Crippen LogP contribution is 2.45. The van der Waals surface area contributed by atoms with E-state index in [0.29, 0.717) is 27.8 Å². The van der Waals surface area contributed by atoms with E-state index in [0.717, 1.165) is 47.0 Å². The molecule has 0 bridgehead atoms. The van der Waals surface area contributed by atoms with E-state index >= 15 is 0 Å². The molecule has 5 nitrogen and oxygen atoms in total. The summed E-state index contributed by atoms with van der Waals surface area (Å²) in [6.07, 6.45) is 1.81. The lowest BCUT2D eigenvalue weighted by atomic mass is 9.82. The third-order valence-electron chi connectivity index (χ3n) is 5.64. The van der Waals surface area contributed by atoms with E-state index < -0.39 is 5.60 Å². The van der Waals surface area contributed by atoms with Crippen molar-refractivity contribution in [3.63, 3.8) is 0 Å². The smallest absolute Gasteiger partial charge is 0.186 e. The number of nitrogens with zero attached hydrogens (tertiary/aromatic N) is 2. The number of benzene rings is 2. The molecule has 150 valence electrons. The molecule has 29 heavy (non-hydrogen) atoms.